The first-order chi connectivity index (χ1) is 10.0. The minimum absolute atomic E-state index is 0.0270. The van der Waals surface area contributed by atoms with Crippen LogP contribution < -0.4 is 0 Å². The van der Waals surface area contributed by atoms with E-state index in [1.807, 2.05) is 0 Å². The van der Waals surface area contributed by atoms with E-state index in [-0.39, 0.29) is 18.2 Å². The van der Waals surface area contributed by atoms with E-state index in [1.165, 1.54) is 0 Å². The number of hydrogen-bond acceptors (Lipinski definition) is 5. The molecule has 1 saturated heterocycles. The topological polar surface area (TPSA) is 96.5 Å². The van der Waals surface area contributed by atoms with Crippen LogP contribution >= 0.6 is 0 Å². The average molecular weight is 293 g/mol. The number of carbonyl (C=O) groups excluding carboxylic acids is 1. The summed E-state index contributed by atoms with van der Waals surface area (Å²) in [5.41, 5.74) is -0.712. The predicted octanol–water partition coefficient (Wildman–Crippen LogP) is 1.02. The van der Waals surface area contributed by atoms with Gasteiger partial charge in [0.1, 0.15) is 0 Å². The van der Waals surface area contributed by atoms with Crippen molar-refractivity contribution in [1.29, 1.82) is 0 Å². The molecule has 21 heavy (non-hydrogen) atoms. The number of amides is 1. The molecule has 0 radical (unpaired) electrons. The fourth-order valence-electron chi connectivity index (χ4n) is 3.64. The molecule has 7 nitrogen and oxygen atoms in total. The molecule has 0 spiro atoms. The van der Waals surface area contributed by atoms with Crippen LogP contribution in [0.3, 0.4) is 0 Å². The Morgan fingerprint density at radius 3 is 2.95 bits per heavy atom. The van der Waals surface area contributed by atoms with E-state index < -0.39 is 11.4 Å². The molecule has 7 heteroatoms. The van der Waals surface area contributed by atoms with E-state index in [2.05, 4.69) is 10.1 Å². The molecule has 2 aliphatic rings. The number of fused-ring (bicyclic) bond motifs is 1. The molecule has 0 aromatic carbocycles. The first-order valence-corrected chi connectivity index (χ1v) is 7.31. The number of aliphatic carboxylic acids is 1. The second kappa shape index (κ2) is 5.13. The monoisotopic (exact) mass is 293 g/mol. The van der Waals surface area contributed by atoms with Gasteiger partial charge in [-0.1, -0.05) is 11.6 Å². The number of nitrogens with zero attached hydrogens (tertiary/aromatic N) is 3. The van der Waals surface area contributed by atoms with Crippen molar-refractivity contribution in [1.82, 2.24) is 15.0 Å². The molecule has 2 heterocycles. The zero-order valence-electron chi connectivity index (χ0n) is 12.0. The fourth-order valence-corrected chi connectivity index (χ4v) is 3.64. The van der Waals surface area contributed by atoms with Crippen LogP contribution in [0.4, 0.5) is 0 Å². The summed E-state index contributed by atoms with van der Waals surface area (Å²) in [7, 11) is 0. The average Bonchev–Trinajstić information content (AvgIpc) is 3.09. The van der Waals surface area contributed by atoms with E-state index in [0.29, 0.717) is 37.6 Å². The molecule has 1 aliphatic heterocycles. The summed E-state index contributed by atoms with van der Waals surface area (Å²) in [6, 6.07) is 0. The molecule has 3 rings (SSSR count). The molecule has 1 aromatic heterocycles. The van der Waals surface area contributed by atoms with Gasteiger partial charge in [0.15, 0.2) is 5.82 Å². The van der Waals surface area contributed by atoms with Gasteiger partial charge in [-0.05, 0) is 25.7 Å². The number of carboxylic acid groups (broad SMARTS) is 1. The Morgan fingerprint density at radius 2 is 2.33 bits per heavy atom. The normalized spacial score (nSPS) is 27.9. The predicted molar refractivity (Wildman–Crippen MR) is 71.3 cm³/mol. The smallest absolute Gasteiger partial charge is 0.311 e. The summed E-state index contributed by atoms with van der Waals surface area (Å²) >= 11 is 0. The summed E-state index contributed by atoms with van der Waals surface area (Å²) in [6.45, 7) is 2.63. The third kappa shape index (κ3) is 2.41. The highest BCUT2D eigenvalue weighted by Gasteiger charge is 2.55. The number of rotatable bonds is 4. The number of carbonyl (C=O) groups is 2. The Balaban J connectivity index is 1.61. The first-order valence-electron chi connectivity index (χ1n) is 7.31. The second-order valence-corrected chi connectivity index (χ2v) is 6.06. The Bertz CT molecular complexity index is 570. The molecule has 2 atom stereocenters. The van der Waals surface area contributed by atoms with Gasteiger partial charge in [-0.25, -0.2) is 0 Å². The largest absolute Gasteiger partial charge is 0.481 e. The zero-order chi connectivity index (χ0) is 15.0. The lowest BCUT2D eigenvalue weighted by molar-refractivity contribution is -0.149. The van der Waals surface area contributed by atoms with Gasteiger partial charge in [0, 0.05) is 25.9 Å². The van der Waals surface area contributed by atoms with E-state index in [1.54, 1.807) is 11.8 Å². The zero-order valence-corrected chi connectivity index (χ0v) is 12.0. The van der Waals surface area contributed by atoms with Gasteiger partial charge in [0.05, 0.1) is 5.41 Å². The van der Waals surface area contributed by atoms with E-state index in [9.17, 15) is 14.7 Å². The highest BCUT2D eigenvalue weighted by atomic mass is 16.5. The van der Waals surface area contributed by atoms with Gasteiger partial charge in [0.2, 0.25) is 11.8 Å². The lowest BCUT2D eigenvalue weighted by Crippen LogP contribution is -2.37. The maximum atomic E-state index is 12.3. The van der Waals surface area contributed by atoms with Crippen molar-refractivity contribution >= 4 is 11.9 Å². The van der Waals surface area contributed by atoms with Crippen LogP contribution in [0.1, 0.15) is 37.4 Å². The summed E-state index contributed by atoms with van der Waals surface area (Å²) in [6.07, 6.45) is 3.21. The molecule has 1 saturated carbocycles. The van der Waals surface area contributed by atoms with Crippen molar-refractivity contribution in [3.8, 4) is 0 Å². The van der Waals surface area contributed by atoms with E-state index >= 15 is 0 Å². The molecule has 2 fully saturated rings. The third-order valence-corrected chi connectivity index (χ3v) is 4.77. The van der Waals surface area contributed by atoms with Gasteiger partial charge in [0.25, 0.3) is 0 Å². The van der Waals surface area contributed by atoms with Crippen molar-refractivity contribution in [2.24, 2.45) is 11.3 Å². The van der Waals surface area contributed by atoms with Gasteiger partial charge in [-0.2, -0.15) is 4.98 Å². The molecule has 1 amide bonds. The molecule has 0 bridgehead atoms. The minimum Gasteiger partial charge on any atom is -0.481 e. The van der Waals surface area contributed by atoms with Crippen molar-refractivity contribution in [3.05, 3.63) is 11.7 Å². The van der Waals surface area contributed by atoms with Gasteiger partial charge >= 0.3 is 5.97 Å². The van der Waals surface area contributed by atoms with Crippen molar-refractivity contribution in [2.45, 2.75) is 39.0 Å². The number of aromatic nitrogens is 2. The lowest BCUT2D eigenvalue weighted by atomic mass is 9.81. The maximum absolute atomic E-state index is 12.3. The molecular formula is C14H19N3O4. The Kier molecular flexibility index (Phi) is 3.43. The van der Waals surface area contributed by atoms with Crippen LogP contribution in [-0.4, -0.2) is 45.1 Å². The Labute approximate surface area is 122 Å². The van der Waals surface area contributed by atoms with Crippen LogP contribution in [0.15, 0.2) is 4.52 Å². The maximum Gasteiger partial charge on any atom is 0.311 e. The molecule has 1 N–H and O–H groups in total. The quantitative estimate of drug-likeness (QED) is 0.890. The summed E-state index contributed by atoms with van der Waals surface area (Å²) in [5, 5.41) is 13.2. The lowest BCUT2D eigenvalue weighted by Gasteiger charge is -2.23. The SMILES string of the molecule is Cc1noc(CCC(=O)N2C[C@@H]3CCC[C@@]3(C(=O)O)C2)n1. The highest BCUT2D eigenvalue weighted by Crippen LogP contribution is 2.48. The van der Waals surface area contributed by atoms with E-state index in [0.717, 1.165) is 12.8 Å². The van der Waals surface area contributed by atoms with Crippen LogP contribution in [-0.2, 0) is 16.0 Å². The van der Waals surface area contributed by atoms with Crippen molar-refractivity contribution < 1.29 is 19.2 Å². The number of likely N-dealkylation sites (tertiary alicyclic amines) is 1. The van der Waals surface area contributed by atoms with Gasteiger partial charge in [-0.3, -0.25) is 9.59 Å². The van der Waals surface area contributed by atoms with Crippen LogP contribution in [0, 0.1) is 18.3 Å². The van der Waals surface area contributed by atoms with E-state index in [4.69, 9.17) is 4.52 Å². The standard InChI is InChI=1S/C14H19N3O4/c1-9-15-11(21-16-9)4-5-12(18)17-7-10-3-2-6-14(10,8-17)13(19)20/h10H,2-8H2,1H3,(H,19,20)/t10-,14+/m0/s1. The molecule has 1 aliphatic carbocycles. The van der Waals surface area contributed by atoms with Crippen LogP contribution in [0.5, 0.6) is 0 Å². The van der Waals surface area contributed by atoms with Crippen molar-refractivity contribution in [2.75, 3.05) is 13.1 Å². The molecule has 114 valence electrons. The molecule has 1 aromatic rings. The van der Waals surface area contributed by atoms with Gasteiger partial charge in [-0.15, -0.1) is 0 Å². The highest BCUT2D eigenvalue weighted by molar-refractivity contribution is 5.81. The third-order valence-electron chi connectivity index (χ3n) is 4.77. The Morgan fingerprint density at radius 1 is 1.52 bits per heavy atom. The molecule has 0 unspecified atom stereocenters. The number of carboxylic acids is 1. The molecular weight excluding hydrogens is 274 g/mol. The summed E-state index contributed by atoms with van der Waals surface area (Å²) < 4.78 is 4.98. The van der Waals surface area contributed by atoms with Crippen LogP contribution in [0.2, 0.25) is 0 Å². The summed E-state index contributed by atoms with van der Waals surface area (Å²) in [4.78, 5) is 29.6. The second-order valence-electron chi connectivity index (χ2n) is 6.06. The van der Waals surface area contributed by atoms with Crippen LogP contribution in [0.25, 0.3) is 0 Å². The number of aryl methyl sites for hydroxylation is 2. The van der Waals surface area contributed by atoms with Gasteiger partial charge < -0.3 is 14.5 Å². The number of hydrogen-bond donors (Lipinski definition) is 1. The fraction of sp³-hybridized carbons (Fsp3) is 0.714. The first kappa shape index (κ1) is 14.0. The minimum atomic E-state index is -0.757. The Hall–Kier alpha value is -1.92. The summed E-state index contributed by atoms with van der Waals surface area (Å²) in [5.74, 6) is 0.324. The van der Waals surface area contributed by atoms with Crippen molar-refractivity contribution in [3.63, 3.8) is 0 Å².